The third-order valence-corrected chi connectivity index (χ3v) is 2.89. The molecule has 1 aromatic rings. The Morgan fingerprint density at radius 2 is 2.17 bits per heavy atom. The molecule has 0 aliphatic carbocycles. The average molecular weight is 288 g/mol. The molecule has 0 unspecified atom stereocenters. The van der Waals surface area contributed by atoms with Crippen LogP contribution in [-0.4, -0.2) is 13.2 Å². The molecular formula is C14H19Cl2NO. The van der Waals surface area contributed by atoms with Crippen LogP contribution in [0.2, 0.25) is 10.0 Å². The summed E-state index contributed by atoms with van der Waals surface area (Å²) in [6.07, 6.45) is 3.70. The largest absolute Gasteiger partial charge is 0.491 e. The van der Waals surface area contributed by atoms with E-state index in [1.54, 1.807) is 6.07 Å². The van der Waals surface area contributed by atoms with Gasteiger partial charge in [-0.25, -0.2) is 0 Å². The van der Waals surface area contributed by atoms with Crippen LogP contribution in [0, 0.1) is 0 Å². The van der Waals surface area contributed by atoms with Crippen molar-refractivity contribution in [2.45, 2.75) is 26.3 Å². The highest BCUT2D eigenvalue weighted by molar-refractivity contribution is 6.35. The van der Waals surface area contributed by atoms with Crippen LogP contribution in [-0.2, 0) is 6.54 Å². The first kappa shape index (κ1) is 15.4. The number of benzene rings is 1. The fraction of sp³-hybridized carbons (Fsp3) is 0.429. The van der Waals surface area contributed by atoms with Gasteiger partial charge in [0.1, 0.15) is 5.75 Å². The van der Waals surface area contributed by atoms with E-state index in [1.165, 1.54) is 0 Å². The lowest BCUT2D eigenvalue weighted by Gasteiger charge is -2.14. The second-order valence-corrected chi connectivity index (χ2v) is 4.82. The van der Waals surface area contributed by atoms with Crippen LogP contribution in [0.15, 0.2) is 24.8 Å². The van der Waals surface area contributed by atoms with Crippen molar-refractivity contribution in [3.63, 3.8) is 0 Å². The molecule has 0 saturated carbocycles. The SMILES string of the molecule is C=CCCOc1c(Cl)cc(Cl)cc1CNCCC. The maximum atomic E-state index is 6.16. The van der Waals surface area contributed by atoms with Crippen LogP contribution in [0.5, 0.6) is 5.75 Å². The van der Waals surface area contributed by atoms with Gasteiger partial charge < -0.3 is 10.1 Å². The first-order valence-electron chi connectivity index (χ1n) is 6.11. The lowest BCUT2D eigenvalue weighted by molar-refractivity contribution is 0.321. The third-order valence-electron chi connectivity index (χ3n) is 2.40. The Morgan fingerprint density at radius 3 is 2.83 bits per heavy atom. The second kappa shape index (κ2) is 8.41. The molecule has 1 aromatic carbocycles. The van der Waals surface area contributed by atoms with E-state index in [2.05, 4.69) is 18.8 Å². The van der Waals surface area contributed by atoms with Gasteiger partial charge >= 0.3 is 0 Å². The van der Waals surface area contributed by atoms with Crippen molar-refractivity contribution in [2.75, 3.05) is 13.2 Å². The Morgan fingerprint density at radius 1 is 1.39 bits per heavy atom. The summed E-state index contributed by atoms with van der Waals surface area (Å²) in [4.78, 5) is 0. The number of halogens is 2. The Bertz CT molecular complexity index is 394. The highest BCUT2D eigenvalue weighted by Crippen LogP contribution is 2.32. The molecule has 0 atom stereocenters. The van der Waals surface area contributed by atoms with E-state index < -0.39 is 0 Å². The average Bonchev–Trinajstić information content (AvgIpc) is 2.32. The summed E-state index contributed by atoms with van der Waals surface area (Å²) in [7, 11) is 0. The molecule has 2 nitrogen and oxygen atoms in total. The Balaban J connectivity index is 2.79. The van der Waals surface area contributed by atoms with Gasteiger partial charge in [-0.05, 0) is 31.5 Å². The second-order valence-electron chi connectivity index (χ2n) is 3.98. The van der Waals surface area contributed by atoms with E-state index in [0.29, 0.717) is 28.9 Å². The van der Waals surface area contributed by atoms with E-state index in [1.807, 2.05) is 12.1 Å². The van der Waals surface area contributed by atoms with E-state index in [0.717, 1.165) is 24.9 Å². The van der Waals surface area contributed by atoms with E-state index >= 15 is 0 Å². The maximum Gasteiger partial charge on any atom is 0.142 e. The highest BCUT2D eigenvalue weighted by atomic mass is 35.5. The van der Waals surface area contributed by atoms with Crippen molar-refractivity contribution in [1.82, 2.24) is 5.32 Å². The molecule has 0 spiro atoms. The van der Waals surface area contributed by atoms with Crippen molar-refractivity contribution in [2.24, 2.45) is 0 Å². The smallest absolute Gasteiger partial charge is 0.142 e. The van der Waals surface area contributed by atoms with E-state index in [-0.39, 0.29) is 0 Å². The van der Waals surface area contributed by atoms with E-state index in [4.69, 9.17) is 27.9 Å². The minimum atomic E-state index is 0.555. The van der Waals surface area contributed by atoms with Crippen LogP contribution < -0.4 is 10.1 Å². The molecule has 4 heteroatoms. The number of ether oxygens (including phenoxy) is 1. The summed E-state index contributed by atoms with van der Waals surface area (Å²) in [5, 5.41) is 4.50. The van der Waals surface area contributed by atoms with Crippen molar-refractivity contribution < 1.29 is 4.74 Å². The van der Waals surface area contributed by atoms with Gasteiger partial charge in [0.05, 0.1) is 11.6 Å². The molecule has 0 aliphatic heterocycles. The Labute approximate surface area is 119 Å². The molecular weight excluding hydrogens is 269 g/mol. The first-order chi connectivity index (χ1) is 8.69. The number of hydrogen-bond acceptors (Lipinski definition) is 2. The fourth-order valence-corrected chi connectivity index (χ4v) is 2.14. The molecule has 1 rings (SSSR count). The summed E-state index contributed by atoms with van der Waals surface area (Å²) in [5.74, 6) is 0.714. The fourth-order valence-electron chi connectivity index (χ4n) is 1.55. The molecule has 0 bridgehead atoms. The van der Waals surface area contributed by atoms with E-state index in [9.17, 15) is 0 Å². The lowest BCUT2D eigenvalue weighted by Crippen LogP contribution is -2.15. The van der Waals surface area contributed by atoms with Gasteiger partial charge in [-0.2, -0.15) is 0 Å². The summed E-state index contributed by atoms with van der Waals surface area (Å²) in [6.45, 7) is 8.03. The van der Waals surface area contributed by atoms with Crippen molar-refractivity contribution in [3.8, 4) is 5.75 Å². The van der Waals surface area contributed by atoms with Gasteiger partial charge in [-0.1, -0.05) is 36.2 Å². The summed E-state index contributed by atoms with van der Waals surface area (Å²) in [6, 6.07) is 3.59. The molecule has 0 heterocycles. The topological polar surface area (TPSA) is 21.3 Å². The van der Waals surface area contributed by atoms with Crippen molar-refractivity contribution >= 4 is 23.2 Å². The van der Waals surface area contributed by atoms with Crippen LogP contribution in [0.1, 0.15) is 25.3 Å². The van der Waals surface area contributed by atoms with Gasteiger partial charge in [0, 0.05) is 17.1 Å². The van der Waals surface area contributed by atoms with Crippen LogP contribution >= 0.6 is 23.2 Å². The predicted octanol–water partition coefficient (Wildman–Crippen LogP) is 4.45. The monoisotopic (exact) mass is 287 g/mol. The Kier molecular flexibility index (Phi) is 7.18. The molecule has 0 aromatic heterocycles. The zero-order chi connectivity index (χ0) is 13.4. The Hall–Kier alpha value is -0.700. The molecule has 100 valence electrons. The predicted molar refractivity (Wildman–Crippen MR) is 78.8 cm³/mol. The summed E-state index contributed by atoms with van der Waals surface area (Å²) in [5.41, 5.74) is 0.991. The summed E-state index contributed by atoms with van der Waals surface area (Å²) < 4.78 is 5.69. The van der Waals surface area contributed by atoms with Gasteiger partial charge in [-0.3, -0.25) is 0 Å². The zero-order valence-corrected chi connectivity index (χ0v) is 12.2. The molecule has 0 saturated heterocycles. The van der Waals surface area contributed by atoms with Gasteiger partial charge in [0.25, 0.3) is 0 Å². The third kappa shape index (κ3) is 4.89. The maximum absolute atomic E-state index is 6.16. The van der Waals surface area contributed by atoms with Crippen LogP contribution in [0.4, 0.5) is 0 Å². The molecule has 0 aliphatic rings. The van der Waals surface area contributed by atoms with Crippen LogP contribution in [0.3, 0.4) is 0 Å². The standard InChI is InChI=1S/C14H19Cl2NO/c1-3-5-7-18-14-11(10-17-6-4-2)8-12(15)9-13(14)16/h3,8-9,17H,1,4-7,10H2,2H3. The molecule has 1 N–H and O–H groups in total. The minimum Gasteiger partial charge on any atom is -0.491 e. The van der Waals surface area contributed by atoms with Crippen LogP contribution in [0.25, 0.3) is 0 Å². The number of hydrogen-bond donors (Lipinski definition) is 1. The highest BCUT2D eigenvalue weighted by Gasteiger charge is 2.10. The van der Waals surface area contributed by atoms with Crippen molar-refractivity contribution in [3.05, 3.63) is 40.4 Å². The molecule has 18 heavy (non-hydrogen) atoms. The summed E-state index contributed by atoms with van der Waals surface area (Å²) >= 11 is 12.2. The number of nitrogens with one attached hydrogen (secondary N) is 1. The first-order valence-corrected chi connectivity index (χ1v) is 6.87. The quantitative estimate of drug-likeness (QED) is 0.563. The van der Waals surface area contributed by atoms with Gasteiger partial charge in [0.15, 0.2) is 0 Å². The normalized spacial score (nSPS) is 10.4. The molecule has 0 fully saturated rings. The molecule has 0 amide bonds. The zero-order valence-electron chi connectivity index (χ0n) is 10.6. The van der Waals surface area contributed by atoms with Crippen molar-refractivity contribution in [1.29, 1.82) is 0 Å². The lowest BCUT2D eigenvalue weighted by atomic mass is 10.2. The minimum absolute atomic E-state index is 0.555. The number of rotatable bonds is 8. The van der Waals surface area contributed by atoms with Gasteiger partial charge in [-0.15, -0.1) is 6.58 Å². The van der Waals surface area contributed by atoms with Gasteiger partial charge in [0.2, 0.25) is 0 Å². The molecule has 0 radical (unpaired) electrons.